The Hall–Kier alpha value is -0.130. The Morgan fingerprint density at radius 1 is 1.31 bits per heavy atom. The van der Waals surface area contributed by atoms with Crippen molar-refractivity contribution >= 4 is 10.0 Å². The van der Waals surface area contributed by atoms with Crippen molar-refractivity contribution in [1.29, 1.82) is 0 Å². The average Bonchev–Trinajstić information content (AvgIpc) is 3.11. The van der Waals surface area contributed by atoms with Crippen molar-refractivity contribution in [3.8, 4) is 0 Å². The quantitative estimate of drug-likeness (QED) is 0.756. The summed E-state index contributed by atoms with van der Waals surface area (Å²) in [6.07, 6.45) is 5.24. The van der Waals surface area contributed by atoms with Crippen LogP contribution < -0.4 is 10.0 Å². The highest BCUT2D eigenvalue weighted by atomic mass is 32.2. The van der Waals surface area contributed by atoms with Gasteiger partial charge >= 0.3 is 0 Å². The smallest absolute Gasteiger partial charge is 0.214 e. The van der Waals surface area contributed by atoms with Crippen LogP contribution in [-0.2, 0) is 10.0 Å². The maximum Gasteiger partial charge on any atom is 0.214 e. The van der Waals surface area contributed by atoms with E-state index in [1.807, 2.05) is 0 Å². The molecular formula is C11H22N2O2S. The Kier molecular flexibility index (Phi) is 3.87. The number of piperidine rings is 1. The zero-order valence-electron chi connectivity index (χ0n) is 9.91. The molecule has 1 aliphatic carbocycles. The molecule has 0 aromatic heterocycles. The minimum Gasteiger partial charge on any atom is -0.312 e. The summed E-state index contributed by atoms with van der Waals surface area (Å²) in [5, 5.41) is 3.32. The molecule has 4 nitrogen and oxygen atoms in total. The lowest BCUT2D eigenvalue weighted by atomic mass is 9.89. The van der Waals surface area contributed by atoms with Gasteiger partial charge in [-0.15, -0.1) is 0 Å². The van der Waals surface area contributed by atoms with Gasteiger partial charge in [-0.25, -0.2) is 13.1 Å². The van der Waals surface area contributed by atoms with Crippen LogP contribution in [0.2, 0.25) is 0 Å². The molecule has 2 aliphatic rings. The van der Waals surface area contributed by atoms with E-state index in [0.717, 1.165) is 25.8 Å². The van der Waals surface area contributed by atoms with Gasteiger partial charge in [0.15, 0.2) is 0 Å². The van der Waals surface area contributed by atoms with Gasteiger partial charge in [0, 0.05) is 12.6 Å². The lowest BCUT2D eigenvalue weighted by molar-refractivity contribution is 0.273. The molecule has 94 valence electrons. The van der Waals surface area contributed by atoms with E-state index < -0.39 is 10.0 Å². The van der Waals surface area contributed by atoms with Crippen LogP contribution in [0.1, 0.15) is 39.0 Å². The molecule has 2 atom stereocenters. The second-order valence-corrected chi connectivity index (χ2v) is 7.01. The molecule has 16 heavy (non-hydrogen) atoms. The second-order valence-electron chi connectivity index (χ2n) is 4.96. The summed E-state index contributed by atoms with van der Waals surface area (Å²) in [5.74, 6) is 0.621. The molecule has 2 unspecified atom stereocenters. The molecule has 1 heterocycles. The third kappa shape index (κ3) is 2.96. The van der Waals surface area contributed by atoms with Gasteiger partial charge < -0.3 is 5.32 Å². The van der Waals surface area contributed by atoms with E-state index in [1.54, 1.807) is 0 Å². The van der Waals surface area contributed by atoms with Gasteiger partial charge in [0.1, 0.15) is 0 Å². The van der Waals surface area contributed by atoms with Crippen LogP contribution in [0.15, 0.2) is 0 Å². The van der Waals surface area contributed by atoms with Gasteiger partial charge in [0.2, 0.25) is 10.0 Å². The molecule has 2 rings (SSSR count). The zero-order chi connectivity index (χ0) is 11.6. The fourth-order valence-electron chi connectivity index (χ4n) is 2.45. The second kappa shape index (κ2) is 5.02. The van der Waals surface area contributed by atoms with E-state index in [2.05, 4.69) is 17.0 Å². The van der Waals surface area contributed by atoms with Gasteiger partial charge in [-0.2, -0.15) is 0 Å². The molecule has 0 amide bonds. The molecule has 0 radical (unpaired) electrons. The molecular weight excluding hydrogens is 224 g/mol. The highest BCUT2D eigenvalue weighted by molar-refractivity contribution is 7.90. The number of rotatable bonds is 5. The summed E-state index contributed by atoms with van der Waals surface area (Å²) in [7, 11) is -3.01. The first-order chi connectivity index (χ1) is 7.63. The summed E-state index contributed by atoms with van der Waals surface area (Å²) < 4.78 is 26.1. The van der Waals surface area contributed by atoms with Gasteiger partial charge in [0.25, 0.3) is 0 Å². The normalized spacial score (nSPS) is 31.6. The summed E-state index contributed by atoms with van der Waals surface area (Å²) in [4.78, 5) is 0. The molecule has 5 heteroatoms. The first-order valence-corrected chi connectivity index (χ1v) is 7.90. The summed E-state index contributed by atoms with van der Waals surface area (Å²) in [6.45, 7) is 3.77. The summed E-state index contributed by atoms with van der Waals surface area (Å²) in [6, 6.07) is 0.326. The van der Waals surface area contributed by atoms with Crippen LogP contribution >= 0.6 is 0 Å². The van der Waals surface area contributed by atoms with Gasteiger partial charge in [-0.05, 0) is 38.1 Å². The SMILES string of the molecule is CCC1CCCNC1CNS(=O)(=O)C1CC1. The first-order valence-electron chi connectivity index (χ1n) is 6.35. The van der Waals surface area contributed by atoms with Crippen LogP contribution in [-0.4, -0.2) is 32.8 Å². The minimum atomic E-state index is -3.01. The number of nitrogens with one attached hydrogen (secondary N) is 2. The fraction of sp³-hybridized carbons (Fsp3) is 1.00. The Bertz CT molecular complexity index is 325. The van der Waals surface area contributed by atoms with Gasteiger partial charge in [0.05, 0.1) is 5.25 Å². The topological polar surface area (TPSA) is 58.2 Å². The predicted molar refractivity (Wildman–Crippen MR) is 64.8 cm³/mol. The molecule has 0 aromatic carbocycles. The number of hydrogen-bond donors (Lipinski definition) is 2. The van der Waals surface area contributed by atoms with Crippen molar-refractivity contribution in [2.24, 2.45) is 5.92 Å². The Morgan fingerprint density at radius 3 is 2.69 bits per heavy atom. The standard InChI is InChI=1S/C11H22N2O2S/c1-2-9-4-3-7-12-11(9)8-13-16(14,15)10-5-6-10/h9-13H,2-8H2,1H3. The predicted octanol–water partition coefficient (Wildman–Crippen LogP) is 0.846. The Balaban J connectivity index is 1.83. The first kappa shape index (κ1) is 12.3. The zero-order valence-corrected chi connectivity index (χ0v) is 10.7. The molecule has 0 aromatic rings. The van der Waals surface area contributed by atoms with Crippen LogP contribution in [0, 0.1) is 5.92 Å². The van der Waals surface area contributed by atoms with E-state index in [9.17, 15) is 8.42 Å². The van der Waals surface area contributed by atoms with Crippen molar-refractivity contribution in [3.05, 3.63) is 0 Å². The lowest BCUT2D eigenvalue weighted by Crippen LogP contribution is -2.48. The third-order valence-electron chi connectivity index (χ3n) is 3.72. The lowest BCUT2D eigenvalue weighted by Gasteiger charge is -2.32. The van der Waals surface area contributed by atoms with Crippen LogP contribution in [0.3, 0.4) is 0 Å². The van der Waals surface area contributed by atoms with Gasteiger partial charge in [-0.1, -0.05) is 13.3 Å². The van der Waals surface area contributed by atoms with Crippen molar-refractivity contribution < 1.29 is 8.42 Å². The largest absolute Gasteiger partial charge is 0.312 e. The number of hydrogen-bond acceptors (Lipinski definition) is 3. The van der Waals surface area contributed by atoms with E-state index >= 15 is 0 Å². The maximum atomic E-state index is 11.7. The van der Waals surface area contributed by atoms with E-state index in [4.69, 9.17) is 0 Å². The monoisotopic (exact) mass is 246 g/mol. The molecule has 0 bridgehead atoms. The molecule has 1 saturated carbocycles. The van der Waals surface area contributed by atoms with Crippen molar-refractivity contribution in [3.63, 3.8) is 0 Å². The minimum absolute atomic E-state index is 0.101. The van der Waals surface area contributed by atoms with Crippen molar-refractivity contribution in [2.75, 3.05) is 13.1 Å². The Labute approximate surface area is 98.2 Å². The van der Waals surface area contributed by atoms with Gasteiger partial charge in [-0.3, -0.25) is 0 Å². The molecule has 1 aliphatic heterocycles. The van der Waals surface area contributed by atoms with E-state index in [0.29, 0.717) is 18.5 Å². The maximum absolute atomic E-state index is 11.7. The molecule has 2 N–H and O–H groups in total. The average molecular weight is 246 g/mol. The highest BCUT2D eigenvalue weighted by Gasteiger charge is 2.36. The molecule has 0 spiro atoms. The Morgan fingerprint density at radius 2 is 2.06 bits per heavy atom. The summed E-state index contributed by atoms with van der Waals surface area (Å²) >= 11 is 0. The highest BCUT2D eigenvalue weighted by Crippen LogP contribution is 2.27. The van der Waals surface area contributed by atoms with Crippen LogP contribution in [0.4, 0.5) is 0 Å². The molecule has 1 saturated heterocycles. The van der Waals surface area contributed by atoms with Crippen molar-refractivity contribution in [2.45, 2.75) is 50.3 Å². The van der Waals surface area contributed by atoms with Crippen LogP contribution in [0.5, 0.6) is 0 Å². The van der Waals surface area contributed by atoms with Crippen LogP contribution in [0.25, 0.3) is 0 Å². The van der Waals surface area contributed by atoms with E-state index in [1.165, 1.54) is 12.8 Å². The summed E-state index contributed by atoms with van der Waals surface area (Å²) in [5.41, 5.74) is 0. The third-order valence-corrected chi connectivity index (χ3v) is 5.64. The van der Waals surface area contributed by atoms with E-state index in [-0.39, 0.29) is 5.25 Å². The van der Waals surface area contributed by atoms with Crippen molar-refractivity contribution in [1.82, 2.24) is 10.0 Å². The molecule has 2 fully saturated rings. The fourth-order valence-corrected chi connectivity index (χ4v) is 3.85. The number of sulfonamides is 1.